The minimum Gasteiger partial charge on any atom is -0.444 e. The molecule has 1 aromatic heterocycles. The molecule has 0 aromatic carbocycles. The number of thiazole rings is 1. The van der Waals surface area contributed by atoms with Gasteiger partial charge >= 0.3 is 6.09 Å². The van der Waals surface area contributed by atoms with Crippen LogP contribution >= 0.6 is 11.3 Å². The molecule has 1 saturated carbocycles. The zero-order valence-corrected chi connectivity index (χ0v) is 14.8. The molecular formula is C16H25N3O3S. The van der Waals surface area contributed by atoms with Crippen molar-refractivity contribution in [2.75, 3.05) is 6.54 Å². The van der Waals surface area contributed by atoms with Crippen molar-refractivity contribution in [2.24, 2.45) is 0 Å². The second kappa shape index (κ2) is 7.29. The van der Waals surface area contributed by atoms with Gasteiger partial charge in [0.25, 0.3) is 5.91 Å². The van der Waals surface area contributed by atoms with Crippen LogP contribution in [0.1, 0.15) is 63.4 Å². The molecule has 0 radical (unpaired) electrons. The lowest BCUT2D eigenvalue weighted by atomic mass is 9.81. The minimum atomic E-state index is -0.538. The van der Waals surface area contributed by atoms with E-state index in [-0.39, 0.29) is 5.91 Å². The van der Waals surface area contributed by atoms with Gasteiger partial charge in [0.15, 0.2) is 0 Å². The van der Waals surface area contributed by atoms with Crippen molar-refractivity contribution in [3.63, 3.8) is 0 Å². The lowest BCUT2D eigenvalue weighted by Gasteiger charge is -2.38. The largest absolute Gasteiger partial charge is 0.444 e. The van der Waals surface area contributed by atoms with Gasteiger partial charge in [0.05, 0.1) is 11.0 Å². The van der Waals surface area contributed by atoms with Gasteiger partial charge in [0.2, 0.25) is 0 Å². The molecule has 1 fully saturated rings. The molecule has 0 atom stereocenters. The van der Waals surface area contributed by atoms with Gasteiger partial charge in [0, 0.05) is 11.9 Å². The van der Waals surface area contributed by atoms with Crippen molar-refractivity contribution in [1.29, 1.82) is 0 Å². The maximum Gasteiger partial charge on any atom is 0.408 e. The summed E-state index contributed by atoms with van der Waals surface area (Å²) in [6.07, 6.45) is 4.46. The molecule has 23 heavy (non-hydrogen) atoms. The zero-order chi connectivity index (χ0) is 16.9. The molecule has 0 spiro atoms. The Bertz CT molecular complexity index is 531. The summed E-state index contributed by atoms with van der Waals surface area (Å²) >= 11 is 1.38. The van der Waals surface area contributed by atoms with Crippen LogP contribution in [-0.2, 0) is 4.74 Å². The first kappa shape index (κ1) is 17.7. The van der Waals surface area contributed by atoms with Crippen LogP contribution in [0.15, 0.2) is 10.9 Å². The van der Waals surface area contributed by atoms with E-state index < -0.39 is 17.2 Å². The van der Waals surface area contributed by atoms with Gasteiger partial charge in [-0.2, -0.15) is 0 Å². The third-order valence-electron chi connectivity index (χ3n) is 3.83. The van der Waals surface area contributed by atoms with Crippen LogP contribution in [0.5, 0.6) is 0 Å². The second-order valence-electron chi connectivity index (χ2n) is 7.02. The second-order valence-corrected chi connectivity index (χ2v) is 7.74. The third kappa shape index (κ3) is 5.49. The van der Waals surface area contributed by atoms with E-state index >= 15 is 0 Å². The predicted octanol–water partition coefficient (Wildman–Crippen LogP) is 3.10. The number of rotatable bonds is 4. The monoisotopic (exact) mass is 339 g/mol. The Morgan fingerprint density at radius 1 is 1.30 bits per heavy atom. The van der Waals surface area contributed by atoms with Gasteiger partial charge in [-0.25, -0.2) is 9.78 Å². The topological polar surface area (TPSA) is 80.3 Å². The van der Waals surface area contributed by atoms with E-state index in [1.165, 1.54) is 11.3 Å². The fourth-order valence-electron chi connectivity index (χ4n) is 2.76. The summed E-state index contributed by atoms with van der Waals surface area (Å²) in [5, 5.41) is 7.61. The van der Waals surface area contributed by atoms with E-state index in [0.29, 0.717) is 12.2 Å². The first-order chi connectivity index (χ1) is 10.8. The zero-order valence-electron chi connectivity index (χ0n) is 14.0. The van der Waals surface area contributed by atoms with Crippen molar-refractivity contribution < 1.29 is 14.3 Å². The maximum atomic E-state index is 12.1. The summed E-state index contributed by atoms with van der Waals surface area (Å²) in [5.74, 6) is -0.206. The Morgan fingerprint density at radius 2 is 2.00 bits per heavy atom. The Hall–Kier alpha value is -1.63. The number of carbonyl (C=O) groups is 2. The lowest BCUT2D eigenvalue weighted by molar-refractivity contribution is 0.0419. The van der Waals surface area contributed by atoms with Crippen LogP contribution in [0.25, 0.3) is 0 Å². The van der Waals surface area contributed by atoms with Gasteiger partial charge in [-0.1, -0.05) is 19.3 Å². The van der Waals surface area contributed by atoms with Crippen molar-refractivity contribution in [3.05, 3.63) is 16.6 Å². The number of ether oxygens (including phenoxy) is 1. The number of alkyl carbamates (subject to hydrolysis) is 1. The number of nitrogens with one attached hydrogen (secondary N) is 2. The number of carbonyl (C=O) groups excluding carboxylic acids is 2. The molecule has 1 aliphatic carbocycles. The van der Waals surface area contributed by atoms with E-state index in [2.05, 4.69) is 15.6 Å². The molecule has 0 aliphatic heterocycles. The molecule has 0 bridgehead atoms. The van der Waals surface area contributed by atoms with E-state index in [1.807, 2.05) is 20.8 Å². The highest BCUT2D eigenvalue weighted by molar-refractivity contribution is 7.07. The summed E-state index contributed by atoms with van der Waals surface area (Å²) in [6, 6.07) is 0. The summed E-state index contributed by atoms with van der Waals surface area (Å²) in [5.41, 5.74) is 1.07. The number of nitrogens with zero attached hydrogens (tertiary/aromatic N) is 1. The van der Waals surface area contributed by atoms with Crippen LogP contribution in [0.4, 0.5) is 4.79 Å². The Balaban J connectivity index is 1.98. The number of amides is 2. The van der Waals surface area contributed by atoms with E-state index in [9.17, 15) is 9.59 Å². The van der Waals surface area contributed by atoms with Crippen molar-refractivity contribution >= 4 is 23.3 Å². The summed E-state index contributed by atoms with van der Waals surface area (Å²) in [4.78, 5) is 28.2. The molecule has 2 N–H and O–H groups in total. The summed E-state index contributed by atoms with van der Waals surface area (Å²) in [7, 11) is 0. The highest BCUT2D eigenvalue weighted by Gasteiger charge is 2.35. The van der Waals surface area contributed by atoms with Crippen LogP contribution in [0, 0.1) is 0 Å². The number of aromatic nitrogens is 1. The first-order valence-electron chi connectivity index (χ1n) is 7.97. The number of hydrogen-bond donors (Lipinski definition) is 2. The van der Waals surface area contributed by atoms with Gasteiger partial charge in [-0.15, -0.1) is 11.3 Å². The molecule has 1 aromatic rings. The molecule has 128 valence electrons. The van der Waals surface area contributed by atoms with Gasteiger partial charge in [-0.05, 0) is 33.6 Å². The fourth-order valence-corrected chi connectivity index (χ4v) is 3.29. The summed E-state index contributed by atoms with van der Waals surface area (Å²) < 4.78 is 5.37. The van der Waals surface area contributed by atoms with E-state index in [0.717, 1.165) is 32.1 Å². The molecule has 2 rings (SSSR count). The SMILES string of the molecule is CC(C)(C)OC(=O)NC1(CNC(=O)c2cscn2)CCCCC1. The molecule has 1 aliphatic rings. The van der Waals surface area contributed by atoms with Gasteiger partial charge in [-0.3, -0.25) is 4.79 Å². The average molecular weight is 339 g/mol. The van der Waals surface area contributed by atoms with Crippen molar-refractivity contribution in [3.8, 4) is 0 Å². The van der Waals surface area contributed by atoms with Crippen LogP contribution in [0.2, 0.25) is 0 Å². The van der Waals surface area contributed by atoms with Crippen molar-refractivity contribution in [1.82, 2.24) is 15.6 Å². The first-order valence-corrected chi connectivity index (χ1v) is 8.92. The van der Waals surface area contributed by atoms with Crippen LogP contribution in [0.3, 0.4) is 0 Å². The normalized spacial score (nSPS) is 17.3. The quantitative estimate of drug-likeness (QED) is 0.883. The standard InChI is InChI=1S/C16H25N3O3S/c1-15(2,3)22-14(21)19-16(7-5-4-6-8-16)10-17-13(20)12-9-23-11-18-12/h9,11H,4-8,10H2,1-3H3,(H,17,20)(H,19,21). The van der Waals surface area contributed by atoms with E-state index in [4.69, 9.17) is 4.74 Å². The predicted molar refractivity (Wildman–Crippen MR) is 89.6 cm³/mol. The smallest absolute Gasteiger partial charge is 0.408 e. The third-order valence-corrected chi connectivity index (χ3v) is 4.42. The Kier molecular flexibility index (Phi) is 5.62. The lowest BCUT2D eigenvalue weighted by Crippen LogP contribution is -2.57. The molecule has 2 amide bonds. The van der Waals surface area contributed by atoms with E-state index in [1.54, 1.807) is 10.9 Å². The van der Waals surface area contributed by atoms with Gasteiger partial charge in [0.1, 0.15) is 11.3 Å². The van der Waals surface area contributed by atoms with Crippen LogP contribution < -0.4 is 10.6 Å². The Morgan fingerprint density at radius 3 is 2.57 bits per heavy atom. The highest BCUT2D eigenvalue weighted by Crippen LogP contribution is 2.28. The fraction of sp³-hybridized carbons (Fsp3) is 0.688. The summed E-state index contributed by atoms with van der Waals surface area (Å²) in [6.45, 7) is 5.90. The Labute approximate surface area is 141 Å². The van der Waals surface area contributed by atoms with Crippen molar-refractivity contribution in [2.45, 2.75) is 64.0 Å². The molecule has 0 saturated heterocycles. The average Bonchev–Trinajstić information content (AvgIpc) is 2.98. The molecule has 1 heterocycles. The molecule has 0 unspecified atom stereocenters. The highest BCUT2D eigenvalue weighted by atomic mass is 32.1. The molecule has 7 heteroatoms. The number of hydrogen-bond acceptors (Lipinski definition) is 5. The molecular weight excluding hydrogens is 314 g/mol. The molecule has 6 nitrogen and oxygen atoms in total. The van der Waals surface area contributed by atoms with Gasteiger partial charge < -0.3 is 15.4 Å². The van der Waals surface area contributed by atoms with Crippen LogP contribution in [-0.4, -0.2) is 34.7 Å². The minimum absolute atomic E-state index is 0.206. The maximum absolute atomic E-state index is 12.1.